The highest BCUT2D eigenvalue weighted by Gasteiger charge is 2.35. The van der Waals surface area contributed by atoms with Gasteiger partial charge in [-0.25, -0.2) is 9.59 Å². The lowest BCUT2D eigenvalue weighted by molar-refractivity contribution is -0.133. The lowest BCUT2D eigenvalue weighted by Crippen LogP contribution is -2.46. The van der Waals surface area contributed by atoms with Crippen LogP contribution in [0.15, 0.2) is 48.4 Å². The van der Waals surface area contributed by atoms with E-state index in [9.17, 15) is 19.2 Å². The summed E-state index contributed by atoms with van der Waals surface area (Å²) in [5, 5.41) is 7.47. The SMILES string of the molecule is CCOC(=O)OC[C@@H](Cn1ccc(NC(=O)[C@H](CC(C)C)N2CC(Oc3ccccc3Cl)=CC2=O)n1)OC(=O)OCC. The third-order valence-corrected chi connectivity index (χ3v) is 6.11. The van der Waals surface area contributed by atoms with Gasteiger partial charge in [-0.15, -0.1) is 0 Å². The second-order valence-corrected chi connectivity index (χ2v) is 9.99. The molecule has 2 amide bonds. The van der Waals surface area contributed by atoms with Gasteiger partial charge in [0.1, 0.15) is 24.2 Å². The number of hydrogen-bond acceptors (Lipinski definition) is 10. The number of carbonyl (C=O) groups is 4. The molecule has 0 bridgehead atoms. The topological polar surface area (TPSA) is 148 Å². The second kappa shape index (κ2) is 15.7. The highest BCUT2D eigenvalue weighted by atomic mass is 35.5. The van der Waals surface area contributed by atoms with Gasteiger partial charge in [0.2, 0.25) is 5.91 Å². The van der Waals surface area contributed by atoms with Gasteiger partial charge >= 0.3 is 12.3 Å². The molecule has 0 radical (unpaired) electrons. The maximum Gasteiger partial charge on any atom is 0.508 e. The number of nitrogens with zero attached hydrogens (tertiary/aromatic N) is 3. The van der Waals surface area contributed by atoms with Gasteiger partial charge in [0.15, 0.2) is 11.9 Å². The second-order valence-electron chi connectivity index (χ2n) is 9.58. The molecule has 1 aliphatic heterocycles. The van der Waals surface area contributed by atoms with Crippen molar-refractivity contribution >= 4 is 41.5 Å². The minimum Gasteiger partial charge on any atom is -0.458 e. The first-order valence-corrected chi connectivity index (χ1v) is 13.9. The van der Waals surface area contributed by atoms with E-state index in [0.717, 1.165) is 0 Å². The molecule has 2 atom stereocenters. The van der Waals surface area contributed by atoms with Crippen LogP contribution in [0.5, 0.6) is 5.75 Å². The molecule has 3 rings (SSSR count). The third-order valence-electron chi connectivity index (χ3n) is 5.80. The Morgan fingerprint density at radius 1 is 1.05 bits per heavy atom. The zero-order chi connectivity index (χ0) is 30.6. The van der Waals surface area contributed by atoms with Crippen molar-refractivity contribution in [3.05, 3.63) is 53.4 Å². The minimum atomic E-state index is -0.949. The van der Waals surface area contributed by atoms with E-state index in [2.05, 4.69) is 10.4 Å². The molecule has 2 heterocycles. The molecule has 42 heavy (non-hydrogen) atoms. The highest BCUT2D eigenvalue weighted by molar-refractivity contribution is 6.32. The molecule has 1 aliphatic rings. The van der Waals surface area contributed by atoms with Gasteiger partial charge in [-0.2, -0.15) is 5.10 Å². The van der Waals surface area contributed by atoms with Crippen LogP contribution >= 0.6 is 11.6 Å². The van der Waals surface area contributed by atoms with Crippen LogP contribution in [-0.4, -0.2) is 77.3 Å². The summed E-state index contributed by atoms with van der Waals surface area (Å²) in [5.74, 6) is 0.301. The van der Waals surface area contributed by atoms with Crippen LogP contribution in [-0.2, 0) is 35.1 Å². The Morgan fingerprint density at radius 3 is 2.45 bits per heavy atom. The van der Waals surface area contributed by atoms with Crippen LogP contribution < -0.4 is 10.1 Å². The summed E-state index contributed by atoms with van der Waals surface area (Å²) in [7, 11) is 0. The number of hydrogen-bond donors (Lipinski definition) is 1. The number of nitrogens with one attached hydrogen (secondary N) is 1. The van der Waals surface area contributed by atoms with Crippen molar-refractivity contribution in [2.24, 2.45) is 5.92 Å². The van der Waals surface area contributed by atoms with Crippen LogP contribution in [0.25, 0.3) is 0 Å². The van der Waals surface area contributed by atoms with E-state index in [1.54, 1.807) is 50.4 Å². The molecule has 1 aromatic heterocycles. The molecule has 14 heteroatoms. The molecular weight excluding hydrogens is 572 g/mol. The summed E-state index contributed by atoms with van der Waals surface area (Å²) in [5.41, 5.74) is 0. The van der Waals surface area contributed by atoms with E-state index in [-0.39, 0.29) is 50.6 Å². The predicted molar refractivity (Wildman–Crippen MR) is 151 cm³/mol. The van der Waals surface area contributed by atoms with E-state index >= 15 is 0 Å². The molecule has 1 N–H and O–H groups in total. The Kier molecular flexibility index (Phi) is 12.0. The fourth-order valence-electron chi connectivity index (χ4n) is 4.01. The van der Waals surface area contributed by atoms with Crippen molar-refractivity contribution in [3.8, 4) is 5.75 Å². The van der Waals surface area contributed by atoms with Gasteiger partial charge in [-0.3, -0.25) is 14.3 Å². The maximum absolute atomic E-state index is 13.4. The summed E-state index contributed by atoms with van der Waals surface area (Å²) < 4.78 is 27.0. The molecule has 1 aromatic carbocycles. The Morgan fingerprint density at radius 2 is 1.76 bits per heavy atom. The Labute approximate surface area is 248 Å². The average Bonchev–Trinajstić information content (AvgIpc) is 3.52. The summed E-state index contributed by atoms with van der Waals surface area (Å²) >= 11 is 6.18. The molecule has 0 unspecified atom stereocenters. The van der Waals surface area contributed by atoms with Crippen LogP contribution in [0, 0.1) is 5.92 Å². The molecule has 0 saturated heterocycles. The third kappa shape index (κ3) is 9.68. The number of rotatable bonds is 14. The Balaban J connectivity index is 1.66. The average molecular weight is 607 g/mol. The van der Waals surface area contributed by atoms with Crippen molar-refractivity contribution in [2.75, 3.05) is 31.7 Å². The van der Waals surface area contributed by atoms with E-state index in [1.165, 1.54) is 15.7 Å². The van der Waals surface area contributed by atoms with E-state index in [4.69, 9.17) is 35.3 Å². The fourth-order valence-corrected chi connectivity index (χ4v) is 4.18. The van der Waals surface area contributed by atoms with Gasteiger partial charge in [0, 0.05) is 18.3 Å². The largest absolute Gasteiger partial charge is 0.508 e. The van der Waals surface area contributed by atoms with E-state index in [0.29, 0.717) is 23.0 Å². The van der Waals surface area contributed by atoms with Gasteiger partial charge < -0.3 is 33.9 Å². The van der Waals surface area contributed by atoms with Crippen molar-refractivity contribution in [1.29, 1.82) is 0 Å². The van der Waals surface area contributed by atoms with Crippen molar-refractivity contribution in [3.63, 3.8) is 0 Å². The number of carbonyl (C=O) groups excluding carboxylic acids is 4. The summed E-state index contributed by atoms with van der Waals surface area (Å²) in [6.07, 6.45) is 0.500. The Bertz CT molecular complexity index is 1280. The number of anilines is 1. The molecule has 0 spiro atoms. The van der Waals surface area contributed by atoms with Gasteiger partial charge in [0.25, 0.3) is 5.91 Å². The lowest BCUT2D eigenvalue weighted by Gasteiger charge is -2.28. The van der Waals surface area contributed by atoms with Gasteiger partial charge in [-0.1, -0.05) is 37.6 Å². The number of benzene rings is 1. The van der Waals surface area contributed by atoms with Gasteiger partial charge in [0.05, 0.1) is 31.3 Å². The smallest absolute Gasteiger partial charge is 0.458 e. The molecule has 0 aliphatic carbocycles. The van der Waals surface area contributed by atoms with Crippen LogP contribution in [0.2, 0.25) is 5.02 Å². The number of amides is 2. The van der Waals surface area contributed by atoms with Crippen molar-refractivity contribution < 1.29 is 42.9 Å². The molecule has 228 valence electrons. The first-order chi connectivity index (χ1) is 20.1. The van der Waals surface area contributed by atoms with Crippen LogP contribution in [0.3, 0.4) is 0 Å². The summed E-state index contributed by atoms with van der Waals surface area (Å²) in [6.45, 7) is 7.15. The first-order valence-electron chi connectivity index (χ1n) is 13.5. The van der Waals surface area contributed by atoms with Crippen molar-refractivity contribution in [2.45, 2.75) is 52.8 Å². The molecule has 13 nitrogen and oxygen atoms in total. The van der Waals surface area contributed by atoms with Crippen LogP contribution in [0.1, 0.15) is 34.1 Å². The van der Waals surface area contributed by atoms with E-state index in [1.807, 2.05) is 13.8 Å². The molecule has 0 saturated carbocycles. The minimum absolute atomic E-state index is 0.0131. The summed E-state index contributed by atoms with van der Waals surface area (Å²) in [4.78, 5) is 51.2. The summed E-state index contributed by atoms with van der Waals surface area (Å²) in [6, 6.07) is 7.65. The standard InChI is InChI=1S/C28H35ClN4O9/c1-5-38-27(36)40-17-20(42-28(37)39-6-2)15-32-12-11-24(31-32)30-26(35)22(13-18(3)4)33-16-19(14-25(33)34)41-23-10-8-7-9-21(23)29/h7-12,14,18,20,22H,5-6,13,15-17H2,1-4H3,(H,30,31,35)/t20-,22+/m1/s1. The van der Waals surface area contributed by atoms with Crippen molar-refractivity contribution in [1.82, 2.24) is 14.7 Å². The highest BCUT2D eigenvalue weighted by Crippen LogP contribution is 2.28. The number of para-hydroxylation sites is 1. The normalized spacial score (nSPS) is 14.2. The molecule has 0 fully saturated rings. The quantitative estimate of drug-likeness (QED) is 0.307. The van der Waals surface area contributed by atoms with Crippen LogP contribution in [0.4, 0.5) is 15.4 Å². The maximum atomic E-state index is 13.4. The van der Waals surface area contributed by atoms with E-state index < -0.39 is 30.4 Å². The molecule has 2 aromatic rings. The zero-order valence-electron chi connectivity index (χ0n) is 23.9. The number of aromatic nitrogens is 2. The Hall–Kier alpha value is -4.26. The number of ether oxygens (including phenoxy) is 5. The lowest BCUT2D eigenvalue weighted by atomic mass is 10.0. The fraction of sp³-hybridized carbons (Fsp3) is 0.464. The van der Waals surface area contributed by atoms with Gasteiger partial charge in [-0.05, 0) is 38.3 Å². The number of halogens is 1. The zero-order valence-corrected chi connectivity index (χ0v) is 24.7. The molecular formula is C28H35ClN4O9. The first kappa shape index (κ1) is 32.3. The predicted octanol–water partition coefficient (Wildman–Crippen LogP) is 4.41. The monoisotopic (exact) mass is 606 g/mol.